The van der Waals surface area contributed by atoms with Gasteiger partial charge in [0.25, 0.3) is 0 Å². The topological polar surface area (TPSA) is 55.8 Å². The maximum Gasteiger partial charge on any atom is 0.312 e. The number of ether oxygens (including phenoxy) is 2. The summed E-state index contributed by atoms with van der Waals surface area (Å²) in [5, 5.41) is 0. The lowest BCUT2D eigenvalue weighted by molar-refractivity contribution is -0.154. The molecule has 0 aromatic heterocycles. The van der Waals surface area contributed by atoms with Crippen LogP contribution in [-0.4, -0.2) is 41.6 Å². The summed E-state index contributed by atoms with van der Waals surface area (Å²) in [5.74, 6) is -1.28. The van der Waals surface area contributed by atoms with Gasteiger partial charge in [-0.3, -0.25) is 9.59 Å². The van der Waals surface area contributed by atoms with Crippen molar-refractivity contribution in [3.05, 3.63) is 47.5 Å². The first-order chi connectivity index (χ1) is 13.0. The molecule has 5 heteroatoms. The molecule has 0 aliphatic carbocycles. The zero-order valence-electron chi connectivity index (χ0n) is 16.0. The van der Waals surface area contributed by atoms with Gasteiger partial charge in [0.1, 0.15) is 11.5 Å². The van der Waals surface area contributed by atoms with Crippen LogP contribution in [-0.2, 0) is 25.6 Å². The number of unbranched alkanes of at least 4 members (excludes halogenated alkanes) is 2. The minimum Gasteiger partial charge on any atom is -0.465 e. The number of fused-ring (bicyclic) bond motifs is 1. The molecule has 3 aliphatic rings. The summed E-state index contributed by atoms with van der Waals surface area (Å²) >= 11 is 0. The summed E-state index contributed by atoms with van der Waals surface area (Å²) in [4.78, 5) is 27.6. The molecule has 0 radical (unpaired) electrons. The number of carbonyl (C=O) groups is 2. The lowest BCUT2D eigenvalue weighted by atomic mass is 9.77. The van der Waals surface area contributed by atoms with Crippen LogP contribution in [0.25, 0.3) is 0 Å². The van der Waals surface area contributed by atoms with Crippen LogP contribution in [0.2, 0.25) is 0 Å². The van der Waals surface area contributed by atoms with E-state index in [-0.39, 0.29) is 18.0 Å². The highest BCUT2D eigenvalue weighted by Crippen LogP contribution is 2.52. The van der Waals surface area contributed by atoms with Gasteiger partial charge in [-0.1, -0.05) is 61.7 Å². The number of aryl methyl sites for hydroxylation is 1. The third-order valence-electron chi connectivity index (χ3n) is 5.94. The highest BCUT2D eigenvalue weighted by molar-refractivity contribution is 5.91. The Hall–Kier alpha value is -2.14. The van der Waals surface area contributed by atoms with Gasteiger partial charge >= 0.3 is 5.97 Å². The first kappa shape index (κ1) is 18.2. The Morgan fingerprint density at radius 3 is 2.81 bits per heavy atom. The molecular formula is C22H27NO4. The zero-order chi connectivity index (χ0) is 19.0. The number of esters is 1. The second-order valence-corrected chi connectivity index (χ2v) is 7.95. The van der Waals surface area contributed by atoms with Crippen molar-refractivity contribution in [3.8, 4) is 0 Å². The summed E-state index contributed by atoms with van der Waals surface area (Å²) in [6.07, 6.45) is 6.55. The molecule has 2 saturated heterocycles. The van der Waals surface area contributed by atoms with Crippen LogP contribution in [0.4, 0.5) is 0 Å². The molecule has 1 amide bonds. The zero-order valence-corrected chi connectivity index (χ0v) is 16.0. The van der Waals surface area contributed by atoms with Crippen molar-refractivity contribution in [2.24, 2.45) is 11.8 Å². The average Bonchev–Trinajstić information content (AvgIpc) is 3.29. The number of hydrogen-bond acceptors (Lipinski definition) is 4. The Labute approximate surface area is 160 Å². The van der Waals surface area contributed by atoms with Crippen molar-refractivity contribution in [3.63, 3.8) is 0 Å². The molecule has 0 N–H and O–H groups in total. The van der Waals surface area contributed by atoms with Crippen LogP contribution in [0.1, 0.15) is 37.3 Å². The fraction of sp³-hybridized carbons (Fsp3) is 0.545. The van der Waals surface area contributed by atoms with Gasteiger partial charge in [-0.05, 0) is 18.9 Å². The van der Waals surface area contributed by atoms with Gasteiger partial charge in [0.15, 0.2) is 0 Å². The molecule has 3 aliphatic heterocycles. The average molecular weight is 369 g/mol. The number of amides is 1. The van der Waals surface area contributed by atoms with E-state index in [1.807, 2.05) is 48.2 Å². The van der Waals surface area contributed by atoms with E-state index >= 15 is 0 Å². The Morgan fingerprint density at radius 2 is 2.07 bits per heavy atom. The third kappa shape index (κ3) is 3.18. The minimum atomic E-state index is -0.667. The Morgan fingerprint density at radius 1 is 1.30 bits per heavy atom. The van der Waals surface area contributed by atoms with Crippen molar-refractivity contribution >= 4 is 11.9 Å². The normalized spacial score (nSPS) is 30.8. The number of rotatable bonds is 7. The molecular weight excluding hydrogens is 342 g/mol. The second-order valence-electron chi connectivity index (χ2n) is 7.95. The van der Waals surface area contributed by atoms with Crippen molar-refractivity contribution < 1.29 is 19.1 Å². The van der Waals surface area contributed by atoms with Gasteiger partial charge < -0.3 is 14.4 Å². The second kappa shape index (κ2) is 7.12. The summed E-state index contributed by atoms with van der Waals surface area (Å²) in [7, 11) is 0. The SMILES string of the molecule is CCCCCOC(=O)C1[C@H]2C(=O)N(Cc3ccc(C)cc3)C[C@]23C=C[C@H]1O3. The highest BCUT2D eigenvalue weighted by atomic mass is 16.6. The molecule has 1 unspecified atom stereocenters. The van der Waals surface area contributed by atoms with E-state index in [1.54, 1.807) is 0 Å². The van der Waals surface area contributed by atoms with Gasteiger partial charge in [0.05, 0.1) is 25.2 Å². The van der Waals surface area contributed by atoms with Crippen LogP contribution < -0.4 is 0 Å². The Balaban J connectivity index is 1.47. The molecule has 2 bridgehead atoms. The van der Waals surface area contributed by atoms with Crippen molar-refractivity contribution in [2.45, 2.75) is 51.4 Å². The smallest absolute Gasteiger partial charge is 0.312 e. The van der Waals surface area contributed by atoms with E-state index in [0.29, 0.717) is 19.7 Å². The number of carbonyl (C=O) groups excluding carboxylic acids is 2. The quantitative estimate of drug-likeness (QED) is 0.421. The third-order valence-corrected chi connectivity index (χ3v) is 5.94. The van der Waals surface area contributed by atoms with Gasteiger partial charge in [0.2, 0.25) is 5.91 Å². The number of hydrogen-bond donors (Lipinski definition) is 0. The first-order valence-corrected chi connectivity index (χ1v) is 9.92. The molecule has 0 saturated carbocycles. The number of benzene rings is 1. The standard InChI is InChI=1S/C22H27NO4/c1-3-4-5-12-26-21(25)18-17-10-11-22(27-17)14-23(20(24)19(18)22)13-16-8-6-15(2)7-9-16/h6-11,17-19H,3-5,12-14H2,1-2H3/t17-,18?,19+,22-/m1/s1. The van der Waals surface area contributed by atoms with Gasteiger partial charge in [-0.2, -0.15) is 0 Å². The van der Waals surface area contributed by atoms with E-state index in [9.17, 15) is 9.59 Å². The largest absolute Gasteiger partial charge is 0.465 e. The number of likely N-dealkylation sites (tertiary alicyclic amines) is 1. The van der Waals surface area contributed by atoms with E-state index in [0.717, 1.165) is 24.8 Å². The monoisotopic (exact) mass is 369 g/mol. The van der Waals surface area contributed by atoms with Crippen molar-refractivity contribution in [1.82, 2.24) is 4.90 Å². The molecule has 3 heterocycles. The summed E-state index contributed by atoms with van der Waals surface area (Å²) < 4.78 is 11.6. The Bertz CT molecular complexity index is 756. The predicted octanol–water partition coefficient (Wildman–Crippen LogP) is 3.01. The lowest BCUT2D eigenvalue weighted by Gasteiger charge is -2.22. The van der Waals surface area contributed by atoms with Crippen LogP contribution in [0.15, 0.2) is 36.4 Å². The molecule has 27 heavy (non-hydrogen) atoms. The van der Waals surface area contributed by atoms with Crippen molar-refractivity contribution in [2.75, 3.05) is 13.2 Å². The summed E-state index contributed by atoms with van der Waals surface area (Å²) in [6, 6.07) is 8.19. The molecule has 4 atom stereocenters. The molecule has 1 aromatic rings. The fourth-order valence-electron chi connectivity index (χ4n) is 4.52. The molecule has 4 rings (SSSR count). The minimum absolute atomic E-state index is 0.00191. The van der Waals surface area contributed by atoms with Crippen LogP contribution in [0, 0.1) is 18.8 Å². The van der Waals surface area contributed by atoms with Gasteiger partial charge in [-0.15, -0.1) is 0 Å². The van der Waals surface area contributed by atoms with Crippen LogP contribution in [0.5, 0.6) is 0 Å². The highest BCUT2D eigenvalue weighted by Gasteiger charge is 2.67. The number of nitrogens with zero attached hydrogens (tertiary/aromatic N) is 1. The van der Waals surface area contributed by atoms with E-state index in [1.165, 1.54) is 5.56 Å². The van der Waals surface area contributed by atoms with Gasteiger partial charge in [-0.25, -0.2) is 0 Å². The first-order valence-electron chi connectivity index (χ1n) is 9.92. The maximum atomic E-state index is 13.1. The van der Waals surface area contributed by atoms with Crippen LogP contribution >= 0.6 is 0 Å². The van der Waals surface area contributed by atoms with E-state index < -0.39 is 17.4 Å². The van der Waals surface area contributed by atoms with Crippen LogP contribution in [0.3, 0.4) is 0 Å². The lowest BCUT2D eigenvalue weighted by Crippen LogP contribution is -2.40. The Kier molecular flexibility index (Phi) is 4.81. The van der Waals surface area contributed by atoms with Crippen molar-refractivity contribution in [1.29, 1.82) is 0 Å². The molecule has 5 nitrogen and oxygen atoms in total. The summed E-state index contributed by atoms with van der Waals surface area (Å²) in [6.45, 7) is 5.61. The maximum absolute atomic E-state index is 13.1. The predicted molar refractivity (Wildman–Crippen MR) is 101 cm³/mol. The molecule has 1 aromatic carbocycles. The molecule has 144 valence electrons. The van der Waals surface area contributed by atoms with E-state index in [4.69, 9.17) is 9.47 Å². The molecule has 1 spiro atoms. The van der Waals surface area contributed by atoms with E-state index in [2.05, 4.69) is 6.92 Å². The fourth-order valence-corrected chi connectivity index (χ4v) is 4.52. The van der Waals surface area contributed by atoms with Gasteiger partial charge in [0, 0.05) is 6.54 Å². The molecule has 2 fully saturated rings. The summed E-state index contributed by atoms with van der Waals surface area (Å²) in [5.41, 5.74) is 1.61.